The Bertz CT molecular complexity index is 589. The van der Waals surface area contributed by atoms with E-state index < -0.39 is 0 Å². The SMILES string of the molecule is COCc1ccc(C(CN)Nc2cc(F)ccc2Cl)cc1. The molecule has 1 atom stereocenters. The number of hydrogen-bond acceptors (Lipinski definition) is 3. The van der Waals surface area contributed by atoms with Crippen LogP contribution in [0.5, 0.6) is 0 Å². The van der Waals surface area contributed by atoms with Gasteiger partial charge in [-0.05, 0) is 29.3 Å². The van der Waals surface area contributed by atoms with Crippen LogP contribution in [-0.4, -0.2) is 13.7 Å². The number of benzene rings is 2. The number of hydrogen-bond donors (Lipinski definition) is 2. The third kappa shape index (κ3) is 4.17. The van der Waals surface area contributed by atoms with Gasteiger partial charge in [-0.25, -0.2) is 4.39 Å². The molecular formula is C16H18ClFN2O. The lowest BCUT2D eigenvalue weighted by Gasteiger charge is -2.20. The van der Waals surface area contributed by atoms with Crippen molar-refractivity contribution in [1.82, 2.24) is 0 Å². The fourth-order valence-corrected chi connectivity index (χ4v) is 2.26. The number of nitrogens with two attached hydrogens (primary N) is 1. The topological polar surface area (TPSA) is 47.3 Å². The van der Waals surface area contributed by atoms with Gasteiger partial charge in [-0.3, -0.25) is 0 Å². The first-order chi connectivity index (χ1) is 10.1. The maximum atomic E-state index is 13.3. The Morgan fingerprint density at radius 2 is 1.95 bits per heavy atom. The van der Waals surface area contributed by atoms with Crippen LogP contribution in [0.3, 0.4) is 0 Å². The maximum Gasteiger partial charge on any atom is 0.125 e. The van der Waals surface area contributed by atoms with Crippen LogP contribution in [0.25, 0.3) is 0 Å². The van der Waals surface area contributed by atoms with Gasteiger partial charge in [0.25, 0.3) is 0 Å². The molecule has 0 bridgehead atoms. The number of halogens is 2. The van der Waals surface area contributed by atoms with E-state index in [1.165, 1.54) is 18.2 Å². The van der Waals surface area contributed by atoms with E-state index in [4.69, 9.17) is 22.1 Å². The fraction of sp³-hybridized carbons (Fsp3) is 0.250. The molecule has 5 heteroatoms. The summed E-state index contributed by atoms with van der Waals surface area (Å²) in [5.74, 6) is -0.340. The maximum absolute atomic E-state index is 13.3. The average molecular weight is 309 g/mol. The first-order valence-corrected chi connectivity index (χ1v) is 7.01. The Balaban J connectivity index is 2.17. The van der Waals surface area contributed by atoms with Gasteiger partial charge in [0.05, 0.1) is 23.4 Å². The van der Waals surface area contributed by atoms with Crippen molar-refractivity contribution in [2.75, 3.05) is 19.0 Å². The van der Waals surface area contributed by atoms with Crippen LogP contribution in [0, 0.1) is 5.82 Å². The van der Waals surface area contributed by atoms with Gasteiger partial charge in [-0.2, -0.15) is 0 Å². The van der Waals surface area contributed by atoms with Crippen molar-refractivity contribution in [2.45, 2.75) is 12.6 Å². The van der Waals surface area contributed by atoms with E-state index in [0.29, 0.717) is 23.9 Å². The smallest absolute Gasteiger partial charge is 0.125 e. The third-order valence-corrected chi connectivity index (χ3v) is 3.52. The molecule has 21 heavy (non-hydrogen) atoms. The molecule has 0 radical (unpaired) electrons. The van der Waals surface area contributed by atoms with Crippen LogP contribution in [0.4, 0.5) is 10.1 Å². The highest BCUT2D eigenvalue weighted by molar-refractivity contribution is 6.33. The molecule has 2 rings (SSSR count). The largest absolute Gasteiger partial charge is 0.380 e. The van der Waals surface area contributed by atoms with E-state index in [0.717, 1.165) is 11.1 Å². The Kier molecular flexibility index (Phi) is 5.56. The summed E-state index contributed by atoms with van der Waals surface area (Å²) in [4.78, 5) is 0. The summed E-state index contributed by atoms with van der Waals surface area (Å²) in [6.07, 6.45) is 0. The summed E-state index contributed by atoms with van der Waals surface area (Å²) in [5.41, 5.74) is 8.44. The van der Waals surface area contributed by atoms with Gasteiger partial charge in [0.2, 0.25) is 0 Å². The molecule has 0 saturated carbocycles. The van der Waals surface area contributed by atoms with Crippen molar-refractivity contribution in [1.29, 1.82) is 0 Å². The van der Waals surface area contributed by atoms with Crippen LogP contribution >= 0.6 is 11.6 Å². The Morgan fingerprint density at radius 1 is 1.24 bits per heavy atom. The number of ether oxygens (including phenoxy) is 1. The molecule has 0 amide bonds. The van der Waals surface area contributed by atoms with Crippen molar-refractivity contribution in [3.63, 3.8) is 0 Å². The standard InChI is InChI=1S/C16H18ClFN2O/c1-21-10-11-2-4-12(5-3-11)16(9-19)20-15-8-13(18)6-7-14(15)17/h2-8,16,20H,9-10,19H2,1H3. The Morgan fingerprint density at radius 3 is 2.57 bits per heavy atom. The molecule has 1 unspecified atom stereocenters. The second-order valence-corrected chi connectivity index (χ2v) is 5.14. The third-order valence-electron chi connectivity index (χ3n) is 3.19. The predicted molar refractivity (Wildman–Crippen MR) is 84.0 cm³/mol. The summed E-state index contributed by atoms with van der Waals surface area (Å²) in [6, 6.07) is 12.0. The number of rotatable bonds is 6. The molecule has 3 N–H and O–H groups in total. The van der Waals surface area contributed by atoms with Crippen molar-refractivity contribution in [3.8, 4) is 0 Å². The molecule has 3 nitrogen and oxygen atoms in total. The van der Waals surface area contributed by atoms with Crippen LogP contribution in [0.2, 0.25) is 5.02 Å². The average Bonchev–Trinajstić information content (AvgIpc) is 2.49. The summed E-state index contributed by atoms with van der Waals surface area (Å²) in [6.45, 7) is 0.938. The minimum atomic E-state index is -0.340. The van der Waals surface area contributed by atoms with Crippen LogP contribution in [0.15, 0.2) is 42.5 Å². The fourth-order valence-electron chi connectivity index (χ4n) is 2.09. The van der Waals surface area contributed by atoms with E-state index in [-0.39, 0.29) is 11.9 Å². The second-order valence-electron chi connectivity index (χ2n) is 4.73. The highest BCUT2D eigenvalue weighted by Gasteiger charge is 2.12. The highest BCUT2D eigenvalue weighted by Crippen LogP contribution is 2.27. The van der Waals surface area contributed by atoms with E-state index >= 15 is 0 Å². The lowest BCUT2D eigenvalue weighted by Crippen LogP contribution is -2.20. The van der Waals surface area contributed by atoms with E-state index in [9.17, 15) is 4.39 Å². The summed E-state index contributed by atoms with van der Waals surface area (Å²) >= 11 is 6.06. The summed E-state index contributed by atoms with van der Waals surface area (Å²) < 4.78 is 18.4. The molecule has 2 aromatic rings. The van der Waals surface area contributed by atoms with Crippen molar-refractivity contribution in [2.24, 2.45) is 5.73 Å². The van der Waals surface area contributed by atoms with E-state index in [1.54, 1.807) is 7.11 Å². The van der Waals surface area contributed by atoms with Crippen molar-refractivity contribution < 1.29 is 9.13 Å². The van der Waals surface area contributed by atoms with Gasteiger partial charge < -0.3 is 15.8 Å². The van der Waals surface area contributed by atoms with E-state index in [2.05, 4.69) is 5.32 Å². The second kappa shape index (κ2) is 7.41. The quantitative estimate of drug-likeness (QED) is 0.854. The minimum absolute atomic E-state index is 0.138. The minimum Gasteiger partial charge on any atom is -0.380 e. The highest BCUT2D eigenvalue weighted by atomic mass is 35.5. The van der Waals surface area contributed by atoms with Gasteiger partial charge in [0.15, 0.2) is 0 Å². The molecule has 0 aliphatic heterocycles. The molecule has 0 aromatic heterocycles. The van der Waals surface area contributed by atoms with Crippen LogP contribution in [0.1, 0.15) is 17.2 Å². The molecule has 0 aliphatic rings. The van der Waals surface area contributed by atoms with Crippen LogP contribution < -0.4 is 11.1 Å². The predicted octanol–water partition coefficient (Wildman–Crippen LogP) is 3.74. The van der Waals surface area contributed by atoms with E-state index in [1.807, 2.05) is 24.3 Å². The monoisotopic (exact) mass is 308 g/mol. The molecule has 0 heterocycles. The molecule has 2 aromatic carbocycles. The number of nitrogens with one attached hydrogen (secondary N) is 1. The summed E-state index contributed by atoms with van der Waals surface area (Å²) in [5, 5.41) is 3.64. The number of methoxy groups -OCH3 is 1. The summed E-state index contributed by atoms with van der Waals surface area (Å²) in [7, 11) is 1.66. The lowest BCUT2D eigenvalue weighted by atomic mass is 10.0. The van der Waals surface area contributed by atoms with Gasteiger partial charge >= 0.3 is 0 Å². The zero-order chi connectivity index (χ0) is 15.2. The van der Waals surface area contributed by atoms with Crippen LogP contribution in [-0.2, 0) is 11.3 Å². The number of anilines is 1. The lowest BCUT2D eigenvalue weighted by molar-refractivity contribution is 0.185. The Hall–Kier alpha value is -1.62. The Labute approximate surface area is 128 Å². The first-order valence-electron chi connectivity index (χ1n) is 6.63. The molecule has 0 aliphatic carbocycles. The molecule has 0 spiro atoms. The normalized spacial score (nSPS) is 12.2. The van der Waals surface area contributed by atoms with Gasteiger partial charge in [-0.15, -0.1) is 0 Å². The zero-order valence-corrected chi connectivity index (χ0v) is 12.5. The first kappa shape index (κ1) is 15.8. The molecular weight excluding hydrogens is 291 g/mol. The zero-order valence-electron chi connectivity index (χ0n) is 11.8. The van der Waals surface area contributed by atoms with Crippen molar-refractivity contribution >= 4 is 17.3 Å². The van der Waals surface area contributed by atoms with Gasteiger partial charge in [-0.1, -0.05) is 35.9 Å². The molecule has 112 valence electrons. The molecule has 0 fully saturated rings. The molecule has 0 saturated heterocycles. The van der Waals surface area contributed by atoms with Gasteiger partial charge in [0.1, 0.15) is 5.82 Å². The van der Waals surface area contributed by atoms with Crippen molar-refractivity contribution in [3.05, 3.63) is 64.4 Å². The van der Waals surface area contributed by atoms with Gasteiger partial charge in [0, 0.05) is 13.7 Å².